The van der Waals surface area contributed by atoms with Crippen molar-refractivity contribution in [3.8, 4) is 0 Å². The Bertz CT molecular complexity index is 275. The fourth-order valence-electron chi connectivity index (χ4n) is 2.19. The maximum absolute atomic E-state index is 11.0. The number of rotatable bonds is 10. The summed E-state index contributed by atoms with van der Waals surface area (Å²) < 4.78 is 1.02. The fourth-order valence-corrected chi connectivity index (χ4v) is 2.19. The van der Waals surface area contributed by atoms with Crippen molar-refractivity contribution < 1.29 is 9.28 Å². The number of carbonyl (C=O) groups is 1. The first-order valence-electron chi connectivity index (χ1n) is 7.14. The SMILES string of the molecule is C=CC(=O)NCCC[N+](C)(C)CCC(C)CN(C)C. The minimum Gasteiger partial charge on any atom is -0.352 e. The van der Waals surface area contributed by atoms with Crippen molar-refractivity contribution in [2.24, 2.45) is 5.92 Å². The van der Waals surface area contributed by atoms with Crippen LogP contribution in [0.15, 0.2) is 12.7 Å². The molecule has 0 rings (SSSR count). The Labute approximate surface area is 119 Å². The average Bonchev–Trinajstić information content (AvgIpc) is 2.31. The van der Waals surface area contributed by atoms with Gasteiger partial charge in [-0.15, -0.1) is 0 Å². The highest BCUT2D eigenvalue weighted by molar-refractivity contribution is 5.86. The van der Waals surface area contributed by atoms with E-state index in [0.29, 0.717) is 0 Å². The number of nitrogens with zero attached hydrogens (tertiary/aromatic N) is 2. The van der Waals surface area contributed by atoms with E-state index < -0.39 is 0 Å². The van der Waals surface area contributed by atoms with Gasteiger partial charge >= 0.3 is 0 Å². The maximum Gasteiger partial charge on any atom is 0.243 e. The van der Waals surface area contributed by atoms with Crippen LogP contribution in [0.25, 0.3) is 0 Å². The molecule has 0 heterocycles. The van der Waals surface area contributed by atoms with Gasteiger partial charge in [-0.1, -0.05) is 13.5 Å². The van der Waals surface area contributed by atoms with Crippen molar-refractivity contribution in [1.29, 1.82) is 0 Å². The summed E-state index contributed by atoms with van der Waals surface area (Å²) in [5.74, 6) is 0.651. The summed E-state index contributed by atoms with van der Waals surface area (Å²) in [6, 6.07) is 0. The van der Waals surface area contributed by atoms with Crippen LogP contribution >= 0.6 is 0 Å². The van der Waals surface area contributed by atoms with Crippen LogP contribution < -0.4 is 5.32 Å². The van der Waals surface area contributed by atoms with Gasteiger partial charge in [0.15, 0.2) is 0 Å². The Kier molecular flexibility index (Phi) is 8.68. The van der Waals surface area contributed by atoms with Crippen LogP contribution in [0.1, 0.15) is 19.8 Å². The van der Waals surface area contributed by atoms with E-state index in [2.05, 4.69) is 51.9 Å². The van der Waals surface area contributed by atoms with E-state index in [-0.39, 0.29) is 5.91 Å². The molecule has 4 heteroatoms. The van der Waals surface area contributed by atoms with Crippen LogP contribution in [0.4, 0.5) is 0 Å². The molecule has 0 saturated carbocycles. The normalized spacial score (nSPS) is 13.4. The van der Waals surface area contributed by atoms with Crippen LogP contribution in [0.5, 0.6) is 0 Å². The van der Waals surface area contributed by atoms with Crippen LogP contribution in [0.3, 0.4) is 0 Å². The summed E-state index contributed by atoms with van der Waals surface area (Å²) in [6.07, 6.45) is 3.57. The van der Waals surface area contributed by atoms with Gasteiger partial charge in [0.1, 0.15) is 0 Å². The summed E-state index contributed by atoms with van der Waals surface area (Å²) in [5.41, 5.74) is 0. The molecular formula is C15H32N3O+. The van der Waals surface area contributed by atoms with Gasteiger partial charge in [-0.2, -0.15) is 0 Å². The average molecular weight is 270 g/mol. The van der Waals surface area contributed by atoms with E-state index in [9.17, 15) is 4.79 Å². The zero-order chi connectivity index (χ0) is 14.9. The lowest BCUT2D eigenvalue weighted by Crippen LogP contribution is -2.43. The van der Waals surface area contributed by atoms with Gasteiger partial charge in [0, 0.05) is 25.9 Å². The van der Waals surface area contributed by atoms with Crippen molar-refractivity contribution in [1.82, 2.24) is 10.2 Å². The monoisotopic (exact) mass is 270 g/mol. The minimum atomic E-state index is -0.0788. The molecule has 1 N–H and O–H groups in total. The predicted molar refractivity (Wildman–Crippen MR) is 82.0 cm³/mol. The molecule has 112 valence electrons. The third-order valence-electron chi connectivity index (χ3n) is 3.33. The minimum absolute atomic E-state index is 0.0788. The number of quaternary nitrogens is 1. The second-order valence-corrected chi connectivity index (χ2v) is 6.39. The molecule has 0 aromatic carbocycles. The lowest BCUT2D eigenvalue weighted by Gasteiger charge is -2.31. The van der Waals surface area contributed by atoms with E-state index in [1.807, 2.05) is 0 Å². The Morgan fingerprint density at radius 2 is 2.00 bits per heavy atom. The molecule has 0 aliphatic carbocycles. The first kappa shape index (κ1) is 18.1. The van der Waals surface area contributed by atoms with Crippen LogP contribution in [0.2, 0.25) is 0 Å². The van der Waals surface area contributed by atoms with Crippen molar-refractivity contribution in [3.05, 3.63) is 12.7 Å². The smallest absolute Gasteiger partial charge is 0.243 e. The highest BCUT2D eigenvalue weighted by atomic mass is 16.1. The lowest BCUT2D eigenvalue weighted by molar-refractivity contribution is -0.891. The summed E-state index contributed by atoms with van der Waals surface area (Å²) in [6.45, 7) is 9.91. The van der Waals surface area contributed by atoms with Gasteiger partial charge in [0.2, 0.25) is 5.91 Å². The van der Waals surface area contributed by atoms with Gasteiger partial charge in [-0.25, -0.2) is 0 Å². The quantitative estimate of drug-likeness (QED) is 0.369. The second-order valence-electron chi connectivity index (χ2n) is 6.39. The van der Waals surface area contributed by atoms with Crippen LogP contribution in [-0.2, 0) is 4.79 Å². The summed E-state index contributed by atoms with van der Waals surface area (Å²) in [5, 5.41) is 2.82. The van der Waals surface area contributed by atoms with E-state index in [1.165, 1.54) is 19.0 Å². The molecular weight excluding hydrogens is 238 g/mol. The number of nitrogens with one attached hydrogen (secondary N) is 1. The van der Waals surface area contributed by atoms with Gasteiger partial charge in [-0.05, 0) is 26.1 Å². The maximum atomic E-state index is 11.0. The molecule has 0 bridgehead atoms. The Morgan fingerprint density at radius 1 is 1.37 bits per heavy atom. The zero-order valence-electron chi connectivity index (χ0n) is 13.4. The molecule has 0 aromatic heterocycles. The van der Waals surface area contributed by atoms with Gasteiger partial charge in [0.05, 0.1) is 27.2 Å². The van der Waals surface area contributed by atoms with Crippen molar-refractivity contribution in [2.75, 3.05) is 54.4 Å². The summed E-state index contributed by atoms with van der Waals surface area (Å²) in [4.78, 5) is 13.3. The molecule has 0 aliphatic rings. The molecule has 1 amide bonds. The van der Waals surface area contributed by atoms with Crippen LogP contribution in [-0.4, -0.2) is 69.7 Å². The van der Waals surface area contributed by atoms with Crippen molar-refractivity contribution in [2.45, 2.75) is 19.8 Å². The highest BCUT2D eigenvalue weighted by Crippen LogP contribution is 2.08. The third kappa shape index (κ3) is 10.7. The van der Waals surface area contributed by atoms with E-state index >= 15 is 0 Å². The standard InChI is InChI=1S/C15H31N3O/c1-7-15(19)16-10-8-11-18(5,6)12-9-14(2)13-17(3)4/h7,14H,1,8-13H2,2-6H3/p+1. The topological polar surface area (TPSA) is 32.3 Å². The second kappa shape index (κ2) is 9.10. The van der Waals surface area contributed by atoms with E-state index in [0.717, 1.165) is 36.5 Å². The molecule has 4 nitrogen and oxygen atoms in total. The largest absolute Gasteiger partial charge is 0.352 e. The molecule has 1 unspecified atom stereocenters. The molecule has 0 spiro atoms. The van der Waals surface area contributed by atoms with Crippen molar-refractivity contribution in [3.63, 3.8) is 0 Å². The number of carbonyl (C=O) groups excluding carboxylic acids is 1. The molecule has 0 aliphatic heterocycles. The highest BCUT2D eigenvalue weighted by Gasteiger charge is 2.16. The Balaban J connectivity index is 3.79. The zero-order valence-corrected chi connectivity index (χ0v) is 13.4. The molecule has 19 heavy (non-hydrogen) atoms. The molecule has 0 aromatic rings. The molecule has 0 saturated heterocycles. The first-order chi connectivity index (χ1) is 8.76. The molecule has 0 fully saturated rings. The van der Waals surface area contributed by atoms with E-state index in [1.54, 1.807) is 0 Å². The molecule has 0 radical (unpaired) electrons. The van der Waals surface area contributed by atoms with E-state index in [4.69, 9.17) is 0 Å². The third-order valence-corrected chi connectivity index (χ3v) is 3.33. The number of amides is 1. The van der Waals surface area contributed by atoms with Gasteiger partial charge in [0.25, 0.3) is 0 Å². The first-order valence-corrected chi connectivity index (χ1v) is 7.14. The summed E-state index contributed by atoms with van der Waals surface area (Å²) in [7, 11) is 8.77. The Hall–Kier alpha value is -0.870. The molecule has 1 atom stereocenters. The predicted octanol–water partition coefficient (Wildman–Crippen LogP) is 1.34. The fraction of sp³-hybridized carbons (Fsp3) is 0.800. The number of hydrogen-bond donors (Lipinski definition) is 1. The lowest BCUT2D eigenvalue weighted by atomic mass is 10.1. The number of hydrogen-bond acceptors (Lipinski definition) is 2. The van der Waals surface area contributed by atoms with Crippen molar-refractivity contribution >= 4 is 5.91 Å². The summed E-state index contributed by atoms with van der Waals surface area (Å²) >= 11 is 0. The van der Waals surface area contributed by atoms with Crippen LogP contribution in [0, 0.1) is 5.92 Å². The Morgan fingerprint density at radius 3 is 2.53 bits per heavy atom. The van der Waals surface area contributed by atoms with Gasteiger partial charge < -0.3 is 14.7 Å². The van der Waals surface area contributed by atoms with Gasteiger partial charge in [-0.3, -0.25) is 4.79 Å².